The van der Waals surface area contributed by atoms with Crippen LogP contribution in [0.15, 0.2) is 16.9 Å². The molecule has 6 heteroatoms. The molecular formula is C8H4BrClN2O2. The smallest absolute Gasteiger partial charge is 0.337 e. The number of aromatic carboxylic acids is 1. The average Bonchev–Trinajstić information content (AvgIpc) is 2.47. The number of carbonyl (C=O) groups is 1. The molecule has 0 aliphatic heterocycles. The lowest BCUT2D eigenvalue weighted by molar-refractivity contribution is 0.0699. The Kier molecular flexibility index (Phi) is 2.20. The lowest BCUT2D eigenvalue weighted by Gasteiger charge is -1.96. The summed E-state index contributed by atoms with van der Waals surface area (Å²) in [4.78, 5) is 17.6. The largest absolute Gasteiger partial charge is 0.478 e. The Bertz CT molecular complexity index is 523. The summed E-state index contributed by atoms with van der Waals surface area (Å²) in [5.41, 5.74) is 1.04. The molecule has 0 bridgehead atoms. The summed E-state index contributed by atoms with van der Waals surface area (Å²) in [6.45, 7) is 0. The number of fused-ring (bicyclic) bond motifs is 1. The van der Waals surface area contributed by atoms with E-state index in [0.717, 1.165) is 0 Å². The Morgan fingerprint density at radius 3 is 2.93 bits per heavy atom. The van der Waals surface area contributed by atoms with Gasteiger partial charge in [-0.05, 0) is 28.1 Å². The highest BCUT2D eigenvalue weighted by atomic mass is 79.9. The van der Waals surface area contributed by atoms with E-state index in [1.807, 2.05) is 0 Å². The molecule has 1 aromatic carbocycles. The summed E-state index contributed by atoms with van der Waals surface area (Å²) in [7, 11) is 0. The molecule has 0 aliphatic carbocycles. The molecular weight excluding hydrogens is 271 g/mol. The van der Waals surface area contributed by atoms with Gasteiger partial charge in [-0.1, -0.05) is 11.6 Å². The summed E-state index contributed by atoms with van der Waals surface area (Å²) in [5, 5.41) is 9.30. The van der Waals surface area contributed by atoms with E-state index in [9.17, 15) is 4.79 Å². The van der Waals surface area contributed by atoms with Crippen molar-refractivity contribution >= 4 is 44.5 Å². The topological polar surface area (TPSA) is 66.0 Å². The zero-order valence-corrected chi connectivity index (χ0v) is 9.06. The summed E-state index contributed by atoms with van der Waals surface area (Å²) < 4.78 is 0.461. The Morgan fingerprint density at radius 2 is 2.29 bits per heavy atom. The zero-order valence-electron chi connectivity index (χ0n) is 6.71. The van der Waals surface area contributed by atoms with E-state index in [1.165, 1.54) is 12.1 Å². The molecule has 1 heterocycles. The third-order valence-corrected chi connectivity index (χ3v) is 2.48. The van der Waals surface area contributed by atoms with Crippen LogP contribution in [-0.2, 0) is 0 Å². The number of benzene rings is 1. The summed E-state index contributed by atoms with van der Waals surface area (Å²) in [6, 6.07) is 2.96. The first-order valence-corrected chi connectivity index (χ1v) is 4.83. The monoisotopic (exact) mass is 274 g/mol. The van der Waals surface area contributed by atoms with Crippen LogP contribution in [-0.4, -0.2) is 21.0 Å². The third kappa shape index (κ3) is 1.38. The normalized spacial score (nSPS) is 10.7. The fourth-order valence-corrected chi connectivity index (χ4v) is 1.78. The average molecular weight is 275 g/mol. The number of nitrogens with one attached hydrogen (secondary N) is 1. The van der Waals surface area contributed by atoms with Crippen molar-refractivity contribution < 1.29 is 9.90 Å². The molecule has 0 unspecified atom stereocenters. The fourth-order valence-electron chi connectivity index (χ4n) is 1.21. The number of aromatic nitrogens is 2. The van der Waals surface area contributed by atoms with Gasteiger partial charge in [0.2, 0.25) is 0 Å². The molecule has 14 heavy (non-hydrogen) atoms. The maximum absolute atomic E-state index is 10.8. The first kappa shape index (κ1) is 9.48. The lowest BCUT2D eigenvalue weighted by Crippen LogP contribution is -1.97. The Labute approximate surface area is 92.0 Å². The van der Waals surface area contributed by atoms with Crippen molar-refractivity contribution in [2.24, 2.45) is 0 Å². The first-order chi connectivity index (χ1) is 6.59. The molecule has 72 valence electrons. The fraction of sp³-hybridized carbons (Fsp3) is 0. The van der Waals surface area contributed by atoms with Crippen LogP contribution in [0.4, 0.5) is 0 Å². The molecule has 2 N–H and O–H groups in total. The van der Waals surface area contributed by atoms with E-state index in [4.69, 9.17) is 16.7 Å². The summed E-state index contributed by atoms with van der Waals surface area (Å²) >= 11 is 8.97. The van der Waals surface area contributed by atoms with Gasteiger partial charge in [0.1, 0.15) is 5.52 Å². The molecule has 0 amide bonds. The van der Waals surface area contributed by atoms with Gasteiger partial charge in [-0.15, -0.1) is 0 Å². The highest BCUT2D eigenvalue weighted by Crippen LogP contribution is 2.26. The number of carboxylic acid groups (broad SMARTS) is 1. The van der Waals surface area contributed by atoms with Crippen LogP contribution >= 0.6 is 27.5 Å². The van der Waals surface area contributed by atoms with Gasteiger partial charge in [-0.2, -0.15) is 0 Å². The number of halogens is 2. The summed E-state index contributed by atoms with van der Waals surface area (Å²) in [6.07, 6.45) is 0. The van der Waals surface area contributed by atoms with Gasteiger partial charge in [-0.25, -0.2) is 9.78 Å². The minimum Gasteiger partial charge on any atom is -0.478 e. The van der Waals surface area contributed by atoms with Crippen LogP contribution in [0.5, 0.6) is 0 Å². The lowest BCUT2D eigenvalue weighted by atomic mass is 10.2. The van der Waals surface area contributed by atoms with Crippen LogP contribution in [0.25, 0.3) is 11.0 Å². The number of carboxylic acids is 1. The highest BCUT2D eigenvalue weighted by molar-refractivity contribution is 9.10. The molecule has 2 aromatic rings. The number of aromatic amines is 1. The maximum Gasteiger partial charge on any atom is 0.337 e. The van der Waals surface area contributed by atoms with Gasteiger partial charge < -0.3 is 10.1 Å². The molecule has 2 rings (SSSR count). The molecule has 0 atom stereocenters. The van der Waals surface area contributed by atoms with Crippen LogP contribution in [0.2, 0.25) is 5.02 Å². The van der Waals surface area contributed by atoms with Gasteiger partial charge in [0, 0.05) is 0 Å². The number of rotatable bonds is 1. The van der Waals surface area contributed by atoms with E-state index in [0.29, 0.717) is 20.8 Å². The van der Waals surface area contributed by atoms with Gasteiger partial charge in [0.25, 0.3) is 0 Å². The second kappa shape index (κ2) is 3.25. The predicted octanol–water partition coefficient (Wildman–Crippen LogP) is 2.68. The maximum atomic E-state index is 10.8. The second-order valence-corrected chi connectivity index (χ2v) is 3.81. The molecule has 1 aromatic heterocycles. The van der Waals surface area contributed by atoms with Crippen molar-refractivity contribution in [2.45, 2.75) is 0 Å². The standard InChI is InChI=1S/C8H4BrClN2O2/c9-8-11-5-3(7(13)14)1-2-4(10)6(5)12-8/h1-2H,(H,11,12)(H,13,14). The first-order valence-electron chi connectivity index (χ1n) is 3.66. The number of imidazole rings is 1. The van der Waals surface area contributed by atoms with E-state index in [1.54, 1.807) is 0 Å². The summed E-state index contributed by atoms with van der Waals surface area (Å²) in [5.74, 6) is -1.01. The molecule has 0 radical (unpaired) electrons. The van der Waals surface area contributed by atoms with Crippen LogP contribution in [0, 0.1) is 0 Å². The number of H-pyrrole nitrogens is 1. The molecule has 4 nitrogen and oxygen atoms in total. The minimum atomic E-state index is -1.01. The van der Waals surface area contributed by atoms with Crippen molar-refractivity contribution in [1.29, 1.82) is 0 Å². The van der Waals surface area contributed by atoms with E-state index in [2.05, 4.69) is 25.9 Å². The zero-order chi connectivity index (χ0) is 10.3. The SMILES string of the molecule is O=C(O)c1ccc(Cl)c2nc(Br)[nH]c12. The van der Waals surface area contributed by atoms with Gasteiger partial charge in [-0.3, -0.25) is 0 Å². The van der Waals surface area contributed by atoms with Crippen LogP contribution < -0.4 is 0 Å². The Balaban J connectivity index is 2.87. The highest BCUT2D eigenvalue weighted by Gasteiger charge is 2.13. The van der Waals surface area contributed by atoms with Crippen LogP contribution in [0.1, 0.15) is 10.4 Å². The van der Waals surface area contributed by atoms with Crippen molar-refractivity contribution in [3.05, 3.63) is 27.5 Å². The number of hydrogen-bond donors (Lipinski definition) is 2. The van der Waals surface area contributed by atoms with Gasteiger partial charge >= 0.3 is 5.97 Å². The minimum absolute atomic E-state index is 0.155. The second-order valence-electron chi connectivity index (χ2n) is 2.65. The molecule has 0 saturated heterocycles. The molecule has 0 aliphatic rings. The number of nitrogens with zero attached hydrogens (tertiary/aromatic N) is 1. The molecule has 0 saturated carbocycles. The van der Waals surface area contributed by atoms with Crippen molar-refractivity contribution in [2.75, 3.05) is 0 Å². The van der Waals surface area contributed by atoms with Crippen molar-refractivity contribution in [3.63, 3.8) is 0 Å². The number of hydrogen-bond acceptors (Lipinski definition) is 2. The van der Waals surface area contributed by atoms with Crippen molar-refractivity contribution in [1.82, 2.24) is 9.97 Å². The van der Waals surface area contributed by atoms with E-state index in [-0.39, 0.29) is 5.56 Å². The Hall–Kier alpha value is -1.07. The third-order valence-electron chi connectivity index (χ3n) is 1.80. The quantitative estimate of drug-likeness (QED) is 0.841. The predicted molar refractivity (Wildman–Crippen MR) is 55.8 cm³/mol. The van der Waals surface area contributed by atoms with Crippen molar-refractivity contribution in [3.8, 4) is 0 Å². The van der Waals surface area contributed by atoms with E-state index >= 15 is 0 Å². The molecule has 0 spiro atoms. The van der Waals surface area contributed by atoms with Crippen LogP contribution in [0.3, 0.4) is 0 Å². The van der Waals surface area contributed by atoms with E-state index < -0.39 is 5.97 Å². The van der Waals surface area contributed by atoms with Gasteiger partial charge in [0.15, 0.2) is 4.73 Å². The van der Waals surface area contributed by atoms with Gasteiger partial charge in [0.05, 0.1) is 16.1 Å². The molecule has 0 fully saturated rings. The Morgan fingerprint density at radius 1 is 1.57 bits per heavy atom.